The van der Waals surface area contributed by atoms with Crippen molar-refractivity contribution in [1.29, 1.82) is 0 Å². The SMILES string of the molecule is COc1cc(C(C)=O)ccc1O[C@H](C)C(=O)N(C)c1ccccc1. The molecule has 0 aliphatic carbocycles. The molecule has 1 atom stereocenters. The molecule has 126 valence electrons. The average Bonchev–Trinajstić information content (AvgIpc) is 2.61. The number of carbonyl (C=O) groups is 2. The second kappa shape index (κ2) is 7.64. The Morgan fingerprint density at radius 2 is 1.71 bits per heavy atom. The summed E-state index contributed by atoms with van der Waals surface area (Å²) in [7, 11) is 3.20. The number of amides is 1. The Balaban J connectivity index is 2.15. The maximum absolute atomic E-state index is 12.5. The van der Waals surface area contributed by atoms with Crippen LogP contribution in [-0.4, -0.2) is 32.0 Å². The summed E-state index contributed by atoms with van der Waals surface area (Å²) in [5.74, 6) is 0.598. The van der Waals surface area contributed by atoms with Crippen LogP contribution in [0.5, 0.6) is 11.5 Å². The molecule has 0 saturated carbocycles. The van der Waals surface area contributed by atoms with E-state index >= 15 is 0 Å². The van der Waals surface area contributed by atoms with E-state index in [2.05, 4.69) is 0 Å². The molecule has 0 fully saturated rings. The Hall–Kier alpha value is -2.82. The monoisotopic (exact) mass is 327 g/mol. The molecule has 2 aromatic carbocycles. The second-order valence-corrected chi connectivity index (χ2v) is 5.41. The molecule has 0 heterocycles. The number of carbonyl (C=O) groups excluding carboxylic acids is 2. The van der Waals surface area contributed by atoms with Crippen LogP contribution < -0.4 is 14.4 Å². The molecule has 5 heteroatoms. The summed E-state index contributed by atoms with van der Waals surface area (Å²) in [4.78, 5) is 25.5. The van der Waals surface area contributed by atoms with E-state index in [4.69, 9.17) is 9.47 Å². The van der Waals surface area contributed by atoms with E-state index in [-0.39, 0.29) is 11.7 Å². The van der Waals surface area contributed by atoms with Crippen molar-refractivity contribution in [2.45, 2.75) is 20.0 Å². The number of likely N-dealkylation sites (N-methyl/N-ethyl adjacent to an activating group) is 1. The van der Waals surface area contributed by atoms with Crippen molar-refractivity contribution in [3.8, 4) is 11.5 Å². The quantitative estimate of drug-likeness (QED) is 0.764. The zero-order valence-corrected chi connectivity index (χ0v) is 14.3. The number of benzene rings is 2. The lowest BCUT2D eigenvalue weighted by Gasteiger charge is -2.23. The molecule has 2 aromatic rings. The van der Waals surface area contributed by atoms with Gasteiger partial charge in [-0.3, -0.25) is 9.59 Å². The Morgan fingerprint density at radius 3 is 2.29 bits per heavy atom. The fourth-order valence-electron chi connectivity index (χ4n) is 2.28. The Morgan fingerprint density at radius 1 is 1.04 bits per heavy atom. The predicted molar refractivity (Wildman–Crippen MR) is 92.9 cm³/mol. The molecule has 0 spiro atoms. The van der Waals surface area contributed by atoms with Crippen molar-refractivity contribution >= 4 is 17.4 Å². The molecule has 0 radical (unpaired) electrons. The number of hydrogen-bond acceptors (Lipinski definition) is 4. The van der Waals surface area contributed by atoms with Gasteiger partial charge in [0, 0.05) is 18.3 Å². The van der Waals surface area contributed by atoms with Crippen LogP contribution >= 0.6 is 0 Å². The molecule has 0 aliphatic rings. The number of ketones is 1. The van der Waals surface area contributed by atoms with E-state index in [1.54, 1.807) is 37.1 Å². The van der Waals surface area contributed by atoms with Crippen LogP contribution in [0.4, 0.5) is 5.69 Å². The summed E-state index contributed by atoms with van der Waals surface area (Å²) in [5.41, 5.74) is 1.32. The number of methoxy groups -OCH3 is 1. The lowest BCUT2D eigenvalue weighted by atomic mass is 10.1. The van der Waals surface area contributed by atoms with Gasteiger partial charge in [0.2, 0.25) is 0 Å². The van der Waals surface area contributed by atoms with Gasteiger partial charge >= 0.3 is 0 Å². The highest BCUT2D eigenvalue weighted by Gasteiger charge is 2.22. The van der Waals surface area contributed by atoms with Gasteiger partial charge in [-0.25, -0.2) is 0 Å². The van der Waals surface area contributed by atoms with Gasteiger partial charge in [0.1, 0.15) is 0 Å². The molecule has 0 saturated heterocycles. The van der Waals surface area contributed by atoms with Crippen LogP contribution in [0.15, 0.2) is 48.5 Å². The van der Waals surface area contributed by atoms with E-state index in [0.29, 0.717) is 17.1 Å². The zero-order valence-electron chi connectivity index (χ0n) is 14.3. The Kier molecular flexibility index (Phi) is 5.58. The van der Waals surface area contributed by atoms with Gasteiger partial charge in [0.25, 0.3) is 5.91 Å². The van der Waals surface area contributed by atoms with Crippen LogP contribution in [0.25, 0.3) is 0 Å². The summed E-state index contributed by atoms with van der Waals surface area (Å²) in [5, 5.41) is 0. The van der Waals surface area contributed by atoms with Gasteiger partial charge in [0.15, 0.2) is 23.4 Å². The second-order valence-electron chi connectivity index (χ2n) is 5.41. The molecule has 24 heavy (non-hydrogen) atoms. The van der Waals surface area contributed by atoms with E-state index < -0.39 is 6.10 Å². The fourth-order valence-corrected chi connectivity index (χ4v) is 2.28. The molecule has 0 aliphatic heterocycles. The molecule has 2 rings (SSSR count). The minimum atomic E-state index is -0.702. The average molecular weight is 327 g/mol. The Labute approximate surface area is 141 Å². The third-order valence-corrected chi connectivity index (χ3v) is 3.70. The summed E-state index contributed by atoms with van der Waals surface area (Å²) < 4.78 is 11.0. The van der Waals surface area contributed by atoms with Gasteiger partial charge in [-0.15, -0.1) is 0 Å². The van der Waals surface area contributed by atoms with Crippen molar-refractivity contribution in [1.82, 2.24) is 0 Å². The van der Waals surface area contributed by atoms with Crippen molar-refractivity contribution in [3.05, 3.63) is 54.1 Å². The molecular formula is C19H21NO4. The van der Waals surface area contributed by atoms with Gasteiger partial charge in [-0.2, -0.15) is 0 Å². The van der Waals surface area contributed by atoms with E-state index in [0.717, 1.165) is 5.69 Å². The Bertz CT molecular complexity index is 727. The van der Waals surface area contributed by atoms with Gasteiger partial charge in [-0.05, 0) is 44.2 Å². The molecule has 1 amide bonds. The molecule has 0 unspecified atom stereocenters. The maximum Gasteiger partial charge on any atom is 0.267 e. The smallest absolute Gasteiger partial charge is 0.267 e. The van der Waals surface area contributed by atoms with Gasteiger partial charge in [0.05, 0.1) is 7.11 Å². The molecule has 0 bridgehead atoms. The molecule has 0 aromatic heterocycles. The number of para-hydroxylation sites is 1. The van der Waals surface area contributed by atoms with E-state index in [1.165, 1.54) is 14.0 Å². The number of nitrogens with zero attached hydrogens (tertiary/aromatic N) is 1. The van der Waals surface area contributed by atoms with Crippen LogP contribution in [0.2, 0.25) is 0 Å². The van der Waals surface area contributed by atoms with Crippen molar-refractivity contribution in [2.24, 2.45) is 0 Å². The predicted octanol–water partition coefficient (Wildman–Crippen LogP) is 3.33. The number of rotatable bonds is 6. The number of Topliss-reactive ketones (excluding diaryl/α,β-unsaturated/α-hetero) is 1. The first-order valence-corrected chi connectivity index (χ1v) is 7.62. The first kappa shape index (κ1) is 17.5. The minimum Gasteiger partial charge on any atom is -0.493 e. The van der Waals surface area contributed by atoms with E-state index in [1.807, 2.05) is 30.3 Å². The standard InChI is InChI=1S/C19H21NO4/c1-13(21)15-10-11-17(18(12-15)23-4)24-14(2)19(22)20(3)16-8-6-5-7-9-16/h5-12,14H,1-4H3/t14-/m1/s1. The number of hydrogen-bond donors (Lipinski definition) is 0. The van der Waals surface area contributed by atoms with Crippen LogP contribution in [0.3, 0.4) is 0 Å². The summed E-state index contributed by atoms with van der Waals surface area (Å²) in [6.07, 6.45) is -0.702. The molecule has 5 nitrogen and oxygen atoms in total. The highest BCUT2D eigenvalue weighted by molar-refractivity contribution is 5.96. The summed E-state index contributed by atoms with van der Waals surface area (Å²) in [6, 6.07) is 14.2. The van der Waals surface area contributed by atoms with Gasteiger partial charge in [-0.1, -0.05) is 18.2 Å². The summed E-state index contributed by atoms with van der Waals surface area (Å²) >= 11 is 0. The fraction of sp³-hybridized carbons (Fsp3) is 0.263. The third kappa shape index (κ3) is 3.93. The largest absolute Gasteiger partial charge is 0.493 e. The third-order valence-electron chi connectivity index (χ3n) is 3.70. The maximum atomic E-state index is 12.5. The first-order chi connectivity index (χ1) is 11.4. The molecule has 0 N–H and O–H groups in total. The lowest BCUT2D eigenvalue weighted by molar-refractivity contribution is -0.124. The minimum absolute atomic E-state index is 0.0622. The van der Waals surface area contributed by atoms with Crippen LogP contribution in [0, 0.1) is 0 Å². The van der Waals surface area contributed by atoms with E-state index in [9.17, 15) is 9.59 Å². The van der Waals surface area contributed by atoms with Crippen molar-refractivity contribution in [2.75, 3.05) is 19.1 Å². The van der Waals surface area contributed by atoms with Crippen LogP contribution in [0.1, 0.15) is 24.2 Å². The molecular weight excluding hydrogens is 306 g/mol. The normalized spacial score (nSPS) is 11.5. The first-order valence-electron chi connectivity index (χ1n) is 7.62. The highest BCUT2D eigenvalue weighted by atomic mass is 16.5. The zero-order chi connectivity index (χ0) is 17.7. The van der Waals surface area contributed by atoms with Crippen LogP contribution in [-0.2, 0) is 4.79 Å². The highest BCUT2D eigenvalue weighted by Crippen LogP contribution is 2.29. The van der Waals surface area contributed by atoms with Crippen molar-refractivity contribution < 1.29 is 19.1 Å². The number of anilines is 1. The number of ether oxygens (including phenoxy) is 2. The topological polar surface area (TPSA) is 55.8 Å². The van der Waals surface area contributed by atoms with Gasteiger partial charge < -0.3 is 14.4 Å². The van der Waals surface area contributed by atoms with Crippen molar-refractivity contribution in [3.63, 3.8) is 0 Å². The lowest BCUT2D eigenvalue weighted by Crippen LogP contribution is -2.38. The summed E-state index contributed by atoms with van der Waals surface area (Å²) in [6.45, 7) is 3.16.